The Morgan fingerprint density at radius 3 is 2.73 bits per heavy atom. The second-order valence-electron chi connectivity index (χ2n) is 6.24. The molecule has 0 bridgehead atoms. The highest BCUT2D eigenvalue weighted by Crippen LogP contribution is 2.19. The van der Waals surface area contributed by atoms with Crippen LogP contribution in [0.15, 0.2) is 47.9 Å². The summed E-state index contributed by atoms with van der Waals surface area (Å²) < 4.78 is 26.6. The number of hydrogen-bond donors (Lipinski definition) is 2. The lowest BCUT2D eigenvalue weighted by Gasteiger charge is -2.21. The number of carbonyl (C=O) groups is 1. The lowest BCUT2D eigenvalue weighted by atomic mass is 10.2. The molecule has 3 aromatic rings. The maximum absolute atomic E-state index is 12.8. The molecule has 2 N–H and O–H groups in total. The smallest absolute Gasteiger partial charge is 0.270 e. The zero-order valence-corrected chi connectivity index (χ0v) is 14.9. The number of nitrogens with one attached hydrogen (secondary N) is 2. The molecule has 0 saturated carbocycles. The maximum atomic E-state index is 12.8. The van der Waals surface area contributed by atoms with Crippen molar-refractivity contribution >= 4 is 26.8 Å². The van der Waals surface area contributed by atoms with Crippen molar-refractivity contribution in [3.8, 4) is 0 Å². The fourth-order valence-electron chi connectivity index (χ4n) is 3.22. The second kappa shape index (κ2) is 6.58. The van der Waals surface area contributed by atoms with E-state index in [1.807, 2.05) is 30.3 Å². The SMILES string of the molecule is O=C(c1cc2ccccc2[nH]1)N1CCCN(S(=O)(=O)c2cnc[nH]2)CC1. The average Bonchev–Trinajstić information content (AvgIpc) is 3.26. The van der Waals surface area contributed by atoms with Gasteiger partial charge in [-0.3, -0.25) is 4.79 Å². The number of H-pyrrole nitrogens is 2. The van der Waals surface area contributed by atoms with Gasteiger partial charge in [0, 0.05) is 37.1 Å². The number of rotatable bonds is 3. The molecular formula is C17H19N5O3S. The first-order valence-corrected chi connectivity index (χ1v) is 9.85. The Balaban J connectivity index is 1.50. The summed E-state index contributed by atoms with van der Waals surface area (Å²) in [5, 5.41) is 1.06. The number of fused-ring (bicyclic) bond motifs is 1. The van der Waals surface area contributed by atoms with Crippen LogP contribution >= 0.6 is 0 Å². The first-order chi connectivity index (χ1) is 12.6. The molecule has 0 unspecified atom stereocenters. The van der Waals surface area contributed by atoms with Crippen molar-refractivity contribution in [2.75, 3.05) is 26.2 Å². The Bertz CT molecular complexity index is 993. The summed E-state index contributed by atoms with van der Waals surface area (Å²) in [5.74, 6) is -0.109. The maximum Gasteiger partial charge on any atom is 0.270 e. The van der Waals surface area contributed by atoms with Gasteiger partial charge in [-0.2, -0.15) is 4.31 Å². The van der Waals surface area contributed by atoms with Crippen LogP contribution in [-0.4, -0.2) is 64.7 Å². The molecule has 136 valence electrons. The molecule has 0 aliphatic carbocycles. The van der Waals surface area contributed by atoms with E-state index in [-0.39, 0.29) is 17.5 Å². The normalized spacial score (nSPS) is 16.7. The molecule has 1 aromatic carbocycles. The molecule has 9 heteroatoms. The van der Waals surface area contributed by atoms with E-state index in [2.05, 4.69) is 15.0 Å². The molecular weight excluding hydrogens is 354 g/mol. The quantitative estimate of drug-likeness (QED) is 0.725. The molecule has 8 nitrogen and oxygen atoms in total. The van der Waals surface area contributed by atoms with Crippen LogP contribution in [-0.2, 0) is 10.0 Å². The lowest BCUT2D eigenvalue weighted by molar-refractivity contribution is 0.0759. The highest BCUT2D eigenvalue weighted by atomic mass is 32.2. The predicted octanol–water partition coefficient (Wildman–Crippen LogP) is 1.43. The summed E-state index contributed by atoms with van der Waals surface area (Å²) in [6.07, 6.45) is 3.23. The molecule has 0 radical (unpaired) electrons. The van der Waals surface area contributed by atoms with E-state index in [0.717, 1.165) is 10.9 Å². The van der Waals surface area contributed by atoms with Gasteiger partial charge in [-0.15, -0.1) is 0 Å². The van der Waals surface area contributed by atoms with Gasteiger partial charge in [-0.25, -0.2) is 13.4 Å². The number of amides is 1. The molecule has 1 saturated heterocycles. The van der Waals surface area contributed by atoms with Crippen molar-refractivity contribution in [2.24, 2.45) is 0 Å². The molecule has 0 spiro atoms. The van der Waals surface area contributed by atoms with Crippen molar-refractivity contribution in [1.82, 2.24) is 24.2 Å². The van der Waals surface area contributed by atoms with E-state index in [4.69, 9.17) is 0 Å². The molecule has 1 aliphatic rings. The van der Waals surface area contributed by atoms with Gasteiger partial charge in [-0.1, -0.05) is 18.2 Å². The van der Waals surface area contributed by atoms with Crippen molar-refractivity contribution in [3.05, 3.63) is 48.5 Å². The molecule has 3 heterocycles. The van der Waals surface area contributed by atoms with Crippen LogP contribution in [0.4, 0.5) is 0 Å². The second-order valence-corrected chi connectivity index (χ2v) is 8.14. The Labute approximate surface area is 150 Å². The van der Waals surface area contributed by atoms with Crippen LogP contribution in [0.2, 0.25) is 0 Å². The Morgan fingerprint density at radius 1 is 1.12 bits per heavy atom. The zero-order chi connectivity index (χ0) is 18.1. The van der Waals surface area contributed by atoms with Gasteiger partial charge in [0.2, 0.25) is 0 Å². The first-order valence-electron chi connectivity index (χ1n) is 8.41. The van der Waals surface area contributed by atoms with E-state index in [1.54, 1.807) is 4.90 Å². The molecule has 1 fully saturated rings. The van der Waals surface area contributed by atoms with Crippen molar-refractivity contribution < 1.29 is 13.2 Å². The fourth-order valence-corrected chi connectivity index (χ4v) is 4.58. The summed E-state index contributed by atoms with van der Waals surface area (Å²) in [6.45, 7) is 1.50. The van der Waals surface area contributed by atoms with Gasteiger partial charge in [0.25, 0.3) is 15.9 Å². The lowest BCUT2D eigenvalue weighted by Crippen LogP contribution is -2.37. The number of carbonyl (C=O) groups excluding carboxylic acids is 1. The number of imidazole rings is 1. The van der Waals surface area contributed by atoms with Gasteiger partial charge in [0.1, 0.15) is 5.69 Å². The standard InChI is InChI=1S/C17H19N5O3S/c23-17(15-10-13-4-1-2-5-14(13)20-15)21-6-3-7-22(9-8-21)26(24,25)16-11-18-12-19-16/h1-2,4-5,10-12,20H,3,6-9H2,(H,18,19). The Morgan fingerprint density at radius 2 is 1.96 bits per heavy atom. The van der Waals surface area contributed by atoms with Gasteiger partial charge >= 0.3 is 0 Å². The minimum atomic E-state index is -3.61. The molecule has 4 rings (SSSR count). The third-order valence-electron chi connectivity index (χ3n) is 4.59. The fraction of sp³-hybridized carbons (Fsp3) is 0.294. The molecule has 1 amide bonds. The van der Waals surface area contributed by atoms with Gasteiger partial charge in [0.05, 0.1) is 12.5 Å². The number of aromatic nitrogens is 3. The number of para-hydroxylation sites is 1. The van der Waals surface area contributed by atoms with Crippen LogP contribution < -0.4 is 0 Å². The van der Waals surface area contributed by atoms with Crippen molar-refractivity contribution in [1.29, 1.82) is 0 Å². The summed E-state index contributed by atoms with van der Waals surface area (Å²) in [6, 6.07) is 9.55. The summed E-state index contributed by atoms with van der Waals surface area (Å²) in [5.41, 5.74) is 1.44. The summed E-state index contributed by atoms with van der Waals surface area (Å²) in [7, 11) is -3.61. The van der Waals surface area contributed by atoms with Crippen LogP contribution in [0.1, 0.15) is 16.9 Å². The predicted molar refractivity (Wildman–Crippen MR) is 96.2 cm³/mol. The number of sulfonamides is 1. The monoisotopic (exact) mass is 373 g/mol. The summed E-state index contributed by atoms with van der Waals surface area (Å²) >= 11 is 0. The van der Waals surface area contributed by atoms with E-state index in [9.17, 15) is 13.2 Å². The van der Waals surface area contributed by atoms with Crippen LogP contribution in [0, 0.1) is 0 Å². The number of hydrogen-bond acceptors (Lipinski definition) is 4. The highest BCUT2D eigenvalue weighted by molar-refractivity contribution is 7.89. The molecule has 1 aliphatic heterocycles. The van der Waals surface area contributed by atoms with Gasteiger partial charge in [-0.05, 0) is 18.6 Å². The third kappa shape index (κ3) is 2.99. The molecule has 2 aromatic heterocycles. The zero-order valence-electron chi connectivity index (χ0n) is 14.1. The number of nitrogens with zero attached hydrogens (tertiary/aromatic N) is 3. The average molecular weight is 373 g/mol. The minimum absolute atomic E-state index is 0.0768. The highest BCUT2D eigenvalue weighted by Gasteiger charge is 2.29. The number of aromatic amines is 2. The molecule has 0 atom stereocenters. The van der Waals surface area contributed by atoms with Crippen LogP contribution in [0.5, 0.6) is 0 Å². The minimum Gasteiger partial charge on any atom is -0.351 e. The topological polar surface area (TPSA) is 102 Å². The molecule has 26 heavy (non-hydrogen) atoms. The van der Waals surface area contributed by atoms with Gasteiger partial charge < -0.3 is 14.9 Å². The van der Waals surface area contributed by atoms with E-state index >= 15 is 0 Å². The largest absolute Gasteiger partial charge is 0.351 e. The van der Waals surface area contributed by atoms with E-state index in [0.29, 0.717) is 31.7 Å². The number of benzene rings is 1. The van der Waals surface area contributed by atoms with E-state index in [1.165, 1.54) is 16.8 Å². The van der Waals surface area contributed by atoms with Crippen LogP contribution in [0.25, 0.3) is 10.9 Å². The third-order valence-corrected chi connectivity index (χ3v) is 6.42. The first kappa shape index (κ1) is 16.8. The summed E-state index contributed by atoms with van der Waals surface area (Å²) in [4.78, 5) is 24.1. The Kier molecular flexibility index (Phi) is 4.25. The van der Waals surface area contributed by atoms with Crippen molar-refractivity contribution in [3.63, 3.8) is 0 Å². The van der Waals surface area contributed by atoms with E-state index < -0.39 is 10.0 Å². The van der Waals surface area contributed by atoms with Crippen LogP contribution in [0.3, 0.4) is 0 Å². The van der Waals surface area contributed by atoms with Gasteiger partial charge in [0.15, 0.2) is 5.03 Å². The Hall–Kier alpha value is -2.65. The van der Waals surface area contributed by atoms with Crippen molar-refractivity contribution in [2.45, 2.75) is 11.4 Å².